The van der Waals surface area contributed by atoms with Crippen LogP contribution in [0.25, 0.3) is 21.9 Å². The fraction of sp³-hybridized carbons (Fsp3) is 0.296. The van der Waals surface area contributed by atoms with Gasteiger partial charge in [-0.1, -0.05) is 88.4 Å². The third kappa shape index (κ3) is 4.56. The van der Waals surface area contributed by atoms with Crippen molar-refractivity contribution in [1.82, 2.24) is 15.0 Å². The largest absolute Gasteiger partial charge is 0.218 e. The van der Waals surface area contributed by atoms with E-state index in [2.05, 4.69) is 75.6 Å². The van der Waals surface area contributed by atoms with Gasteiger partial charge < -0.3 is 0 Å². The van der Waals surface area contributed by atoms with Crippen molar-refractivity contribution >= 4 is 10.8 Å². The summed E-state index contributed by atoms with van der Waals surface area (Å²) in [5, 5.41) is 2.75. The minimum absolute atomic E-state index is 0.828. The van der Waals surface area contributed by atoms with Crippen molar-refractivity contribution in [3.05, 3.63) is 89.3 Å². The number of aryl methyl sites for hydroxylation is 3. The molecule has 1 aliphatic carbocycles. The van der Waals surface area contributed by atoms with Gasteiger partial charge in [-0.3, -0.25) is 0 Å². The van der Waals surface area contributed by atoms with E-state index in [1.54, 1.807) is 0 Å². The van der Waals surface area contributed by atoms with Gasteiger partial charge in [-0.2, -0.15) is 0 Å². The van der Waals surface area contributed by atoms with Crippen LogP contribution >= 0.6 is 0 Å². The Labute approximate surface area is 180 Å². The van der Waals surface area contributed by atoms with Gasteiger partial charge in [0.25, 0.3) is 0 Å². The molecule has 4 aromatic rings. The Morgan fingerprint density at radius 1 is 0.700 bits per heavy atom. The molecular formula is C27H31N3. The van der Waals surface area contributed by atoms with Crippen LogP contribution in [0.5, 0.6) is 0 Å². The summed E-state index contributed by atoms with van der Waals surface area (Å²) in [6.07, 6.45) is 2.85. The molecule has 0 bridgehead atoms. The quantitative estimate of drug-likeness (QED) is 0.331. The lowest BCUT2D eigenvalue weighted by Crippen LogP contribution is -2.03. The Balaban J connectivity index is 0.000000172. The van der Waals surface area contributed by atoms with E-state index < -0.39 is 0 Å². The topological polar surface area (TPSA) is 38.7 Å². The van der Waals surface area contributed by atoms with E-state index in [4.69, 9.17) is 0 Å². The van der Waals surface area contributed by atoms with Crippen LogP contribution in [0, 0.1) is 6.92 Å². The zero-order valence-electron chi connectivity index (χ0n) is 18.7. The van der Waals surface area contributed by atoms with E-state index in [-0.39, 0.29) is 0 Å². The molecule has 3 heteroatoms. The molecule has 1 heterocycles. The first-order chi connectivity index (χ1) is 14.7. The highest BCUT2D eigenvalue weighted by atomic mass is 15.0. The number of hydrogen-bond acceptors (Lipinski definition) is 3. The molecule has 0 atom stereocenters. The van der Waals surface area contributed by atoms with Crippen molar-refractivity contribution in [2.24, 2.45) is 0 Å². The van der Waals surface area contributed by atoms with E-state index in [0.717, 1.165) is 36.7 Å². The van der Waals surface area contributed by atoms with Gasteiger partial charge >= 0.3 is 0 Å². The number of nitrogens with zero attached hydrogens (tertiary/aromatic N) is 3. The van der Waals surface area contributed by atoms with Crippen LogP contribution in [-0.4, -0.2) is 15.0 Å². The fourth-order valence-electron chi connectivity index (χ4n) is 3.82. The summed E-state index contributed by atoms with van der Waals surface area (Å²) in [6.45, 7) is 10.0. The highest BCUT2D eigenvalue weighted by Crippen LogP contribution is 2.39. The molecule has 0 N–H and O–H groups in total. The lowest BCUT2D eigenvalue weighted by Gasteiger charge is -2.05. The van der Waals surface area contributed by atoms with Crippen molar-refractivity contribution in [3.8, 4) is 11.1 Å². The van der Waals surface area contributed by atoms with Gasteiger partial charge in [-0.05, 0) is 46.4 Å². The molecule has 1 aromatic heterocycles. The van der Waals surface area contributed by atoms with Gasteiger partial charge in [0.15, 0.2) is 0 Å². The smallest absolute Gasteiger partial charge is 0.132 e. The predicted molar refractivity (Wildman–Crippen MR) is 127 cm³/mol. The second-order valence-electron chi connectivity index (χ2n) is 7.07. The Bertz CT molecular complexity index is 1110. The van der Waals surface area contributed by atoms with E-state index in [1.807, 2.05) is 34.6 Å². The molecule has 5 rings (SSSR count). The minimum Gasteiger partial charge on any atom is -0.218 e. The van der Waals surface area contributed by atoms with Gasteiger partial charge in [0.1, 0.15) is 17.5 Å². The molecule has 0 spiro atoms. The highest BCUT2D eigenvalue weighted by molar-refractivity contribution is 5.95. The number of aromatic nitrogens is 3. The Morgan fingerprint density at radius 3 is 2.03 bits per heavy atom. The van der Waals surface area contributed by atoms with Crippen LogP contribution < -0.4 is 0 Å². The molecule has 0 saturated carbocycles. The first kappa shape index (κ1) is 21.6. The molecule has 0 unspecified atom stereocenters. The molecule has 0 amide bonds. The van der Waals surface area contributed by atoms with Gasteiger partial charge in [-0.15, -0.1) is 0 Å². The molecule has 3 aromatic carbocycles. The summed E-state index contributed by atoms with van der Waals surface area (Å²) in [7, 11) is 0. The Kier molecular flexibility index (Phi) is 7.29. The number of hydrogen-bond donors (Lipinski definition) is 0. The lowest BCUT2D eigenvalue weighted by molar-refractivity contribution is 0.798. The summed E-state index contributed by atoms with van der Waals surface area (Å²) in [5.41, 5.74) is 5.77. The maximum atomic E-state index is 4.25. The standard InChI is InChI=1S/C17H12.C8H13N3.C2H6/c1-3-7-14-12(5-1)9-10-16-15-8-4-2-6-13(15)11-17(14)16;1-4-7-9-6(3)10-8(5-2)11-7;1-2/h1-10H,11H2;4-5H2,1-3H3;1-2H3. The molecular weight excluding hydrogens is 366 g/mol. The average Bonchev–Trinajstić information content (AvgIpc) is 3.19. The van der Waals surface area contributed by atoms with Crippen LogP contribution in [0.3, 0.4) is 0 Å². The van der Waals surface area contributed by atoms with Crippen molar-refractivity contribution < 1.29 is 0 Å². The van der Waals surface area contributed by atoms with Crippen LogP contribution in [0.15, 0.2) is 60.7 Å². The second kappa shape index (κ2) is 10.1. The summed E-state index contributed by atoms with van der Waals surface area (Å²) < 4.78 is 0. The zero-order chi connectivity index (χ0) is 21.5. The van der Waals surface area contributed by atoms with Crippen molar-refractivity contribution in [3.63, 3.8) is 0 Å². The third-order valence-electron chi connectivity index (χ3n) is 5.19. The van der Waals surface area contributed by atoms with Crippen LogP contribution in [0.1, 0.15) is 56.3 Å². The van der Waals surface area contributed by atoms with Gasteiger partial charge in [0.05, 0.1) is 0 Å². The number of rotatable bonds is 2. The van der Waals surface area contributed by atoms with Crippen molar-refractivity contribution in [1.29, 1.82) is 0 Å². The second-order valence-corrected chi connectivity index (χ2v) is 7.07. The average molecular weight is 398 g/mol. The van der Waals surface area contributed by atoms with Crippen molar-refractivity contribution in [2.75, 3.05) is 0 Å². The maximum absolute atomic E-state index is 4.25. The summed E-state index contributed by atoms with van der Waals surface area (Å²) in [4.78, 5) is 12.6. The summed E-state index contributed by atoms with van der Waals surface area (Å²) in [6, 6.07) is 21.9. The van der Waals surface area contributed by atoms with E-state index >= 15 is 0 Å². The SMILES string of the molecule is CC.CCc1nc(C)nc(CC)n1.c1ccc2c(c1)Cc1c-2ccc2ccccc12. The van der Waals surface area contributed by atoms with Gasteiger partial charge in [0, 0.05) is 12.8 Å². The molecule has 30 heavy (non-hydrogen) atoms. The van der Waals surface area contributed by atoms with E-state index in [9.17, 15) is 0 Å². The van der Waals surface area contributed by atoms with Gasteiger partial charge in [0.2, 0.25) is 0 Å². The van der Waals surface area contributed by atoms with E-state index in [0.29, 0.717) is 0 Å². The van der Waals surface area contributed by atoms with Crippen LogP contribution in [-0.2, 0) is 19.3 Å². The molecule has 1 aliphatic rings. The molecule has 0 aliphatic heterocycles. The van der Waals surface area contributed by atoms with Crippen LogP contribution in [0.2, 0.25) is 0 Å². The number of benzene rings is 3. The third-order valence-corrected chi connectivity index (χ3v) is 5.19. The minimum atomic E-state index is 0.828. The Morgan fingerprint density at radius 2 is 1.33 bits per heavy atom. The summed E-state index contributed by atoms with van der Waals surface area (Å²) >= 11 is 0. The first-order valence-corrected chi connectivity index (χ1v) is 11.0. The van der Waals surface area contributed by atoms with Gasteiger partial charge in [-0.25, -0.2) is 15.0 Å². The normalized spacial score (nSPS) is 11.0. The molecule has 3 nitrogen and oxygen atoms in total. The molecule has 154 valence electrons. The van der Waals surface area contributed by atoms with E-state index in [1.165, 1.54) is 33.0 Å². The lowest BCUT2D eigenvalue weighted by atomic mass is 9.99. The fourth-order valence-corrected chi connectivity index (χ4v) is 3.82. The molecule has 0 radical (unpaired) electrons. The highest BCUT2D eigenvalue weighted by Gasteiger charge is 2.19. The summed E-state index contributed by atoms with van der Waals surface area (Å²) in [5.74, 6) is 2.62. The van der Waals surface area contributed by atoms with Crippen molar-refractivity contribution in [2.45, 2.75) is 53.9 Å². The maximum Gasteiger partial charge on any atom is 0.132 e. The Hall–Kier alpha value is -3.07. The first-order valence-electron chi connectivity index (χ1n) is 11.0. The molecule has 0 fully saturated rings. The van der Waals surface area contributed by atoms with Crippen LogP contribution in [0.4, 0.5) is 0 Å². The monoisotopic (exact) mass is 397 g/mol. The molecule has 0 saturated heterocycles. The predicted octanol–water partition coefficient (Wildman–Crippen LogP) is 6.74. The number of fused-ring (bicyclic) bond motifs is 5. The zero-order valence-corrected chi connectivity index (χ0v) is 18.7.